The third-order valence-corrected chi connectivity index (χ3v) is 18.7. The Morgan fingerprint density at radius 1 is 0.564 bits per heavy atom. The Bertz CT molecular complexity index is 4000. The molecule has 0 aliphatic carbocycles. The van der Waals surface area contributed by atoms with Gasteiger partial charge in [0, 0.05) is 69.8 Å². The molecule has 0 fully saturated rings. The number of allylic oxidation sites excluding steroid dienone is 1. The molecule has 0 saturated heterocycles. The van der Waals surface area contributed by atoms with Gasteiger partial charge in [0.05, 0.1) is 62.6 Å². The van der Waals surface area contributed by atoms with Crippen LogP contribution >= 0.6 is 80.4 Å². The van der Waals surface area contributed by atoms with Crippen molar-refractivity contribution >= 4 is 127 Å². The molecule has 0 amide bonds. The lowest BCUT2D eigenvalue weighted by molar-refractivity contribution is 0.101. The number of nitrogens with two attached hydrogens (primary N) is 1. The van der Waals surface area contributed by atoms with Gasteiger partial charge in [-0.1, -0.05) is 82.8 Å². The van der Waals surface area contributed by atoms with Crippen LogP contribution in [-0.4, -0.2) is 84.4 Å². The number of Topliss-reactive ketones (excluding diaryl/α,β-unsaturated/α-hetero) is 1. The van der Waals surface area contributed by atoms with Crippen LogP contribution in [0.5, 0.6) is 0 Å². The van der Waals surface area contributed by atoms with Crippen molar-refractivity contribution in [1.29, 1.82) is 0 Å². The minimum atomic E-state index is -3.26. The summed E-state index contributed by atoms with van der Waals surface area (Å²) in [5.41, 5.74) is 7.09. The van der Waals surface area contributed by atoms with Crippen LogP contribution in [0.2, 0.25) is 20.1 Å². The molecule has 23 heteroatoms. The number of rotatable bonds is 13. The summed E-state index contributed by atoms with van der Waals surface area (Å²) in [5, 5.41) is 6.69. The standard InChI is InChI=1S/C20H14Cl2N2O2S2.C16H17NO3S2.C13H12O3S2.C6H6Cl2N2/c1-28(25,26)15-4-2-3-13(11-15)19-7-8-20(27-19)17-9-10-23-24(17)18-12-14(21)5-6-16(18)22;1-17(2)10-9-14(18)16-8-7-15(21-16)12-5-4-6-13(11-12)22(3,19)20;1-9(14)12-6-7-13(17-12)10-4-3-5-11(8-10)18(2,15)16;7-4-1-2-5(8)6(3-4)10-9/h2-12H,1H3;4-11H,1-3H3;3-8H,1-2H3;1-3,10H,9H2/b;10-9+;;. The number of thiophene rings is 3. The largest absolute Gasteiger partial charge is 0.383 e. The lowest BCUT2D eigenvalue weighted by atomic mass is 10.2. The van der Waals surface area contributed by atoms with E-state index in [-0.39, 0.29) is 21.4 Å². The second-order valence-electron chi connectivity index (χ2n) is 17.1. The van der Waals surface area contributed by atoms with Gasteiger partial charge in [0.2, 0.25) is 0 Å². The molecule has 0 atom stereocenters. The molecule has 0 unspecified atom stereocenters. The van der Waals surface area contributed by atoms with E-state index < -0.39 is 29.5 Å². The summed E-state index contributed by atoms with van der Waals surface area (Å²) >= 11 is 28.1. The Balaban J connectivity index is 0.000000177. The monoisotopic (exact) mass is 1240 g/mol. The number of benzene rings is 5. The second-order valence-corrected chi connectivity index (χ2v) is 28.1. The van der Waals surface area contributed by atoms with E-state index in [1.54, 1.807) is 136 Å². The van der Waals surface area contributed by atoms with Gasteiger partial charge >= 0.3 is 0 Å². The Kier molecular flexibility index (Phi) is 21.1. The highest BCUT2D eigenvalue weighted by Crippen LogP contribution is 2.38. The van der Waals surface area contributed by atoms with Crippen molar-refractivity contribution in [2.24, 2.45) is 5.84 Å². The number of hydrogen-bond acceptors (Lipinski definition) is 15. The van der Waals surface area contributed by atoms with Gasteiger partial charge in [-0.05, 0) is 139 Å². The highest BCUT2D eigenvalue weighted by molar-refractivity contribution is 7.91. The van der Waals surface area contributed by atoms with Crippen molar-refractivity contribution in [2.75, 3.05) is 38.3 Å². The first-order chi connectivity index (χ1) is 36.7. The molecule has 3 N–H and O–H groups in total. The average Bonchev–Trinajstić information content (AvgIpc) is 4.28. The number of nitrogens with zero attached hydrogens (tertiary/aromatic N) is 3. The summed E-state index contributed by atoms with van der Waals surface area (Å²) in [6.07, 6.45) is 8.49. The van der Waals surface area contributed by atoms with Gasteiger partial charge in [0.25, 0.3) is 0 Å². The average molecular weight is 1240 g/mol. The molecular weight excluding hydrogens is 1190 g/mol. The molecule has 0 bridgehead atoms. The Hall–Kier alpha value is -5.94. The van der Waals surface area contributed by atoms with E-state index in [0.29, 0.717) is 46.1 Å². The topological polar surface area (TPSA) is 196 Å². The molecule has 4 aromatic heterocycles. The fourth-order valence-electron chi connectivity index (χ4n) is 6.82. The molecule has 4 heterocycles. The van der Waals surface area contributed by atoms with Crippen molar-refractivity contribution in [3.63, 3.8) is 0 Å². The van der Waals surface area contributed by atoms with Crippen molar-refractivity contribution in [3.05, 3.63) is 200 Å². The van der Waals surface area contributed by atoms with Crippen LogP contribution in [-0.2, 0) is 29.5 Å². The molecule has 78 heavy (non-hydrogen) atoms. The predicted molar refractivity (Wildman–Crippen MR) is 323 cm³/mol. The van der Waals surface area contributed by atoms with Gasteiger partial charge in [-0.15, -0.1) is 34.0 Å². The van der Waals surface area contributed by atoms with Gasteiger partial charge in [-0.3, -0.25) is 15.4 Å². The molecule has 0 radical (unpaired) electrons. The highest BCUT2D eigenvalue weighted by Gasteiger charge is 2.17. The van der Waals surface area contributed by atoms with Crippen LogP contribution in [0.15, 0.2) is 185 Å². The minimum absolute atomic E-state index is 0.0190. The van der Waals surface area contributed by atoms with Crippen molar-refractivity contribution in [1.82, 2.24) is 14.7 Å². The maximum Gasteiger partial charge on any atom is 0.197 e. The summed E-state index contributed by atoms with van der Waals surface area (Å²) < 4.78 is 71.6. The van der Waals surface area contributed by atoms with E-state index in [1.165, 1.54) is 54.4 Å². The molecule has 9 aromatic rings. The molecule has 5 aromatic carbocycles. The third kappa shape index (κ3) is 17.0. The van der Waals surface area contributed by atoms with Gasteiger partial charge in [-0.2, -0.15) is 5.10 Å². The fourth-order valence-corrected chi connectivity index (χ4v) is 12.4. The molecule has 406 valence electrons. The molecule has 0 spiro atoms. The van der Waals surface area contributed by atoms with E-state index >= 15 is 0 Å². The van der Waals surface area contributed by atoms with Crippen LogP contribution < -0.4 is 11.3 Å². The summed E-state index contributed by atoms with van der Waals surface area (Å²) in [5.74, 6) is 5.08. The number of nitrogen functional groups attached to an aromatic ring is 1. The quantitative estimate of drug-likeness (QED) is 0.0480. The number of hydrogen-bond donors (Lipinski definition) is 2. The third-order valence-electron chi connectivity index (χ3n) is 10.7. The van der Waals surface area contributed by atoms with E-state index in [1.807, 2.05) is 62.6 Å². The van der Waals surface area contributed by atoms with E-state index in [0.717, 1.165) is 41.9 Å². The first-order valence-corrected chi connectivity index (χ1v) is 32.4. The molecular formula is C55H49Cl4N5O8S6. The van der Waals surface area contributed by atoms with Gasteiger partial charge < -0.3 is 10.3 Å². The van der Waals surface area contributed by atoms with E-state index in [2.05, 4.69) is 10.5 Å². The zero-order valence-electron chi connectivity index (χ0n) is 42.3. The van der Waals surface area contributed by atoms with E-state index in [4.69, 9.17) is 52.2 Å². The second kappa shape index (κ2) is 26.8. The summed E-state index contributed by atoms with van der Waals surface area (Å²) in [4.78, 5) is 30.9. The number of sulfone groups is 3. The number of aromatic nitrogens is 2. The molecule has 13 nitrogen and oxygen atoms in total. The lowest BCUT2D eigenvalue weighted by Gasteiger charge is -2.08. The molecule has 0 aliphatic heterocycles. The number of nitrogens with one attached hydrogen (secondary N) is 1. The maximum atomic E-state index is 12.0. The summed E-state index contributed by atoms with van der Waals surface area (Å²) in [6, 6.07) is 43.7. The number of halogens is 4. The van der Waals surface area contributed by atoms with Crippen molar-refractivity contribution in [2.45, 2.75) is 21.6 Å². The van der Waals surface area contributed by atoms with Crippen molar-refractivity contribution in [3.8, 4) is 47.6 Å². The number of carbonyl (C=O) groups excluding carboxylic acids is 2. The van der Waals surface area contributed by atoms with Crippen LogP contribution in [0, 0.1) is 0 Å². The number of hydrazine groups is 1. The van der Waals surface area contributed by atoms with Gasteiger partial charge in [-0.25, -0.2) is 29.9 Å². The fraction of sp³-hybridized carbons (Fsp3) is 0.109. The molecule has 0 aliphatic rings. The molecule has 0 saturated carbocycles. The van der Waals surface area contributed by atoms with Crippen LogP contribution in [0.1, 0.15) is 26.3 Å². The minimum Gasteiger partial charge on any atom is -0.383 e. The summed E-state index contributed by atoms with van der Waals surface area (Å²) in [6.45, 7) is 1.52. The van der Waals surface area contributed by atoms with Gasteiger partial charge in [0.15, 0.2) is 41.1 Å². The highest BCUT2D eigenvalue weighted by atomic mass is 35.5. The van der Waals surface area contributed by atoms with Crippen LogP contribution in [0.4, 0.5) is 5.69 Å². The SMILES string of the molecule is CC(=O)c1ccc(-c2cccc(S(C)(=O)=O)c2)s1.CN(C)/C=C/C(=O)c1ccc(-c2cccc(S(C)(=O)=O)c2)s1.CS(=O)(=O)c1cccc(-c2ccc(-c3ccnn3-c3cc(Cl)ccc3Cl)s2)c1.NNc1cc(Cl)ccc1Cl. The Morgan fingerprint density at radius 2 is 1.01 bits per heavy atom. The maximum absolute atomic E-state index is 12.0. The number of anilines is 1. The van der Waals surface area contributed by atoms with Gasteiger partial charge in [0.1, 0.15) is 0 Å². The van der Waals surface area contributed by atoms with Crippen molar-refractivity contribution < 1.29 is 34.8 Å². The Labute approximate surface area is 485 Å². The van der Waals surface area contributed by atoms with E-state index in [9.17, 15) is 34.8 Å². The Morgan fingerprint density at radius 3 is 1.47 bits per heavy atom. The predicted octanol–water partition coefficient (Wildman–Crippen LogP) is 14.4. The lowest BCUT2D eigenvalue weighted by Crippen LogP contribution is -2.06. The van der Waals surface area contributed by atoms with Crippen LogP contribution in [0.3, 0.4) is 0 Å². The first-order valence-electron chi connectivity index (χ1n) is 22.7. The number of carbonyl (C=O) groups is 2. The number of ketones is 2. The van der Waals surface area contributed by atoms with Crippen LogP contribution in [0.25, 0.3) is 47.6 Å². The zero-order valence-corrected chi connectivity index (χ0v) is 50.2. The summed E-state index contributed by atoms with van der Waals surface area (Å²) in [7, 11) is -6.01. The zero-order chi connectivity index (χ0) is 57.1. The molecule has 9 rings (SSSR count). The normalized spacial score (nSPS) is 11.4. The smallest absolute Gasteiger partial charge is 0.197 e. The first kappa shape index (κ1) is 61.3.